The fraction of sp³-hybridized carbons (Fsp3) is 0.308. The van der Waals surface area contributed by atoms with Crippen molar-refractivity contribution in [3.8, 4) is 0 Å². The Morgan fingerprint density at radius 1 is 1.50 bits per heavy atom. The molecule has 7 heteroatoms. The van der Waals surface area contributed by atoms with Gasteiger partial charge in [0.2, 0.25) is 0 Å². The Labute approximate surface area is 117 Å². The van der Waals surface area contributed by atoms with Crippen molar-refractivity contribution in [3.05, 3.63) is 41.3 Å². The Bertz CT molecular complexity index is 558. The molecule has 0 aromatic carbocycles. The van der Waals surface area contributed by atoms with Gasteiger partial charge in [-0.05, 0) is 18.6 Å². The summed E-state index contributed by atoms with van der Waals surface area (Å²) in [5, 5.41) is 6.59. The van der Waals surface area contributed by atoms with Gasteiger partial charge in [0, 0.05) is 36.6 Å². The minimum atomic E-state index is -0.0835. The molecule has 20 heavy (non-hydrogen) atoms. The van der Waals surface area contributed by atoms with Gasteiger partial charge in [-0.2, -0.15) is 5.10 Å². The van der Waals surface area contributed by atoms with Crippen LogP contribution in [0.4, 0.5) is 5.82 Å². The summed E-state index contributed by atoms with van der Waals surface area (Å²) in [4.78, 5) is 18.3. The molecular formula is C13H18N6O. The van der Waals surface area contributed by atoms with Gasteiger partial charge >= 0.3 is 0 Å². The quantitative estimate of drug-likeness (QED) is 0.556. The number of aromatic nitrogens is 3. The van der Waals surface area contributed by atoms with Gasteiger partial charge in [0.05, 0.1) is 6.20 Å². The normalized spacial score (nSPS) is 10.3. The first-order chi connectivity index (χ1) is 9.63. The van der Waals surface area contributed by atoms with E-state index in [1.807, 2.05) is 6.92 Å². The van der Waals surface area contributed by atoms with E-state index in [9.17, 15) is 4.79 Å². The number of nitrogens with two attached hydrogens (primary N) is 1. The number of pyridine rings is 1. The molecule has 0 aliphatic rings. The summed E-state index contributed by atoms with van der Waals surface area (Å²) in [6, 6.07) is 3.43. The second-order valence-electron chi connectivity index (χ2n) is 4.50. The van der Waals surface area contributed by atoms with Crippen LogP contribution >= 0.6 is 0 Å². The van der Waals surface area contributed by atoms with Crippen molar-refractivity contribution in [1.29, 1.82) is 0 Å². The third kappa shape index (κ3) is 3.12. The molecule has 2 heterocycles. The number of rotatable bonds is 5. The number of anilines is 1. The molecule has 2 aromatic rings. The van der Waals surface area contributed by atoms with Crippen molar-refractivity contribution in [2.75, 3.05) is 12.5 Å². The third-order valence-electron chi connectivity index (χ3n) is 2.96. The lowest BCUT2D eigenvalue weighted by molar-refractivity contribution is 0.0785. The molecule has 2 aromatic heterocycles. The van der Waals surface area contributed by atoms with E-state index in [-0.39, 0.29) is 5.91 Å². The number of amides is 1. The van der Waals surface area contributed by atoms with E-state index in [0.717, 1.165) is 17.7 Å². The maximum atomic E-state index is 12.4. The summed E-state index contributed by atoms with van der Waals surface area (Å²) in [6.07, 6.45) is 4.20. The molecule has 0 atom stereocenters. The van der Waals surface area contributed by atoms with Crippen molar-refractivity contribution in [3.63, 3.8) is 0 Å². The molecule has 106 valence electrons. The topological polar surface area (TPSA) is 99.9 Å². The minimum Gasteiger partial charge on any atom is -0.337 e. The SMILES string of the molecule is CCc1cc(C(=O)N(C)Cc2cn[nH]c2)cc(NN)n1. The fourth-order valence-corrected chi connectivity index (χ4v) is 1.90. The van der Waals surface area contributed by atoms with Gasteiger partial charge in [-0.1, -0.05) is 6.92 Å². The van der Waals surface area contributed by atoms with Crippen molar-refractivity contribution in [1.82, 2.24) is 20.1 Å². The lowest BCUT2D eigenvalue weighted by Crippen LogP contribution is -2.26. The predicted octanol–water partition coefficient (Wildman–Crippen LogP) is 0.925. The van der Waals surface area contributed by atoms with Crippen molar-refractivity contribution >= 4 is 11.7 Å². The summed E-state index contributed by atoms with van der Waals surface area (Å²) in [5.74, 6) is 5.79. The molecule has 0 unspecified atom stereocenters. The molecule has 4 N–H and O–H groups in total. The minimum absolute atomic E-state index is 0.0835. The average molecular weight is 274 g/mol. The Morgan fingerprint density at radius 2 is 2.30 bits per heavy atom. The van der Waals surface area contributed by atoms with E-state index >= 15 is 0 Å². The van der Waals surface area contributed by atoms with Crippen molar-refractivity contribution < 1.29 is 4.79 Å². The van der Waals surface area contributed by atoms with E-state index in [1.165, 1.54) is 0 Å². The first-order valence-corrected chi connectivity index (χ1v) is 6.34. The lowest BCUT2D eigenvalue weighted by Gasteiger charge is -2.17. The smallest absolute Gasteiger partial charge is 0.254 e. The number of hydrogen-bond donors (Lipinski definition) is 3. The van der Waals surface area contributed by atoms with E-state index in [0.29, 0.717) is 17.9 Å². The first-order valence-electron chi connectivity index (χ1n) is 6.34. The van der Waals surface area contributed by atoms with E-state index in [1.54, 1.807) is 36.5 Å². The summed E-state index contributed by atoms with van der Waals surface area (Å²) in [5.41, 5.74) is 4.82. The van der Waals surface area contributed by atoms with Crippen LogP contribution in [0.2, 0.25) is 0 Å². The van der Waals surface area contributed by atoms with Crippen LogP contribution in [0.1, 0.15) is 28.5 Å². The summed E-state index contributed by atoms with van der Waals surface area (Å²) >= 11 is 0. The first kappa shape index (κ1) is 14.0. The molecule has 0 bridgehead atoms. The number of nitrogens with zero attached hydrogens (tertiary/aromatic N) is 3. The summed E-state index contributed by atoms with van der Waals surface area (Å²) in [6.45, 7) is 2.47. The Kier molecular flexibility index (Phi) is 4.31. The Hall–Kier alpha value is -2.41. The Balaban J connectivity index is 2.19. The predicted molar refractivity (Wildman–Crippen MR) is 75.8 cm³/mol. The molecular weight excluding hydrogens is 256 g/mol. The van der Waals surface area contributed by atoms with Crippen molar-refractivity contribution in [2.45, 2.75) is 19.9 Å². The van der Waals surface area contributed by atoms with Crippen LogP contribution < -0.4 is 11.3 Å². The number of H-pyrrole nitrogens is 1. The molecule has 0 aliphatic heterocycles. The number of nitrogens with one attached hydrogen (secondary N) is 2. The molecule has 1 amide bonds. The van der Waals surface area contributed by atoms with Gasteiger partial charge in [-0.25, -0.2) is 10.8 Å². The maximum Gasteiger partial charge on any atom is 0.254 e. The third-order valence-corrected chi connectivity index (χ3v) is 2.96. The lowest BCUT2D eigenvalue weighted by atomic mass is 10.1. The molecule has 0 spiro atoms. The molecule has 7 nitrogen and oxygen atoms in total. The fourth-order valence-electron chi connectivity index (χ4n) is 1.90. The Morgan fingerprint density at radius 3 is 2.90 bits per heavy atom. The van der Waals surface area contributed by atoms with E-state index in [4.69, 9.17) is 5.84 Å². The zero-order chi connectivity index (χ0) is 14.5. The van der Waals surface area contributed by atoms with Gasteiger partial charge in [-0.3, -0.25) is 9.89 Å². The molecule has 0 saturated carbocycles. The zero-order valence-electron chi connectivity index (χ0n) is 11.6. The standard InChI is InChI=1S/C13H18N6O/c1-3-11-4-10(5-12(17-11)18-14)13(20)19(2)8-9-6-15-16-7-9/h4-7H,3,8,14H2,1-2H3,(H,15,16)(H,17,18). The molecule has 0 aliphatic carbocycles. The van der Waals surface area contributed by atoms with Crippen LogP contribution in [0.25, 0.3) is 0 Å². The van der Waals surface area contributed by atoms with Crippen LogP contribution in [0.5, 0.6) is 0 Å². The highest BCUT2D eigenvalue weighted by Gasteiger charge is 2.14. The van der Waals surface area contributed by atoms with Crippen LogP contribution in [0.3, 0.4) is 0 Å². The summed E-state index contributed by atoms with van der Waals surface area (Å²) in [7, 11) is 1.75. The average Bonchev–Trinajstić information content (AvgIpc) is 2.98. The molecule has 0 saturated heterocycles. The van der Waals surface area contributed by atoms with Crippen LogP contribution in [0.15, 0.2) is 24.5 Å². The van der Waals surface area contributed by atoms with Gasteiger partial charge in [-0.15, -0.1) is 0 Å². The second kappa shape index (κ2) is 6.16. The van der Waals surface area contributed by atoms with Crippen LogP contribution in [0, 0.1) is 0 Å². The highest BCUT2D eigenvalue weighted by atomic mass is 16.2. The number of carbonyl (C=O) groups is 1. The number of aryl methyl sites for hydroxylation is 1. The molecule has 0 radical (unpaired) electrons. The van der Waals surface area contributed by atoms with Gasteiger partial charge in [0.1, 0.15) is 5.82 Å². The van der Waals surface area contributed by atoms with E-state index < -0.39 is 0 Å². The maximum absolute atomic E-state index is 12.4. The van der Waals surface area contributed by atoms with Gasteiger partial charge in [0.25, 0.3) is 5.91 Å². The number of aromatic amines is 1. The molecule has 2 rings (SSSR count). The monoisotopic (exact) mass is 274 g/mol. The highest BCUT2D eigenvalue weighted by Crippen LogP contribution is 2.13. The van der Waals surface area contributed by atoms with Gasteiger partial charge in [0.15, 0.2) is 0 Å². The van der Waals surface area contributed by atoms with E-state index in [2.05, 4.69) is 20.6 Å². The zero-order valence-corrected chi connectivity index (χ0v) is 11.6. The largest absolute Gasteiger partial charge is 0.337 e. The highest BCUT2D eigenvalue weighted by molar-refractivity contribution is 5.94. The molecule has 0 fully saturated rings. The number of carbonyl (C=O) groups excluding carboxylic acids is 1. The van der Waals surface area contributed by atoms with Gasteiger partial charge < -0.3 is 10.3 Å². The van der Waals surface area contributed by atoms with Crippen LogP contribution in [-0.4, -0.2) is 33.0 Å². The number of hydrogen-bond acceptors (Lipinski definition) is 5. The van der Waals surface area contributed by atoms with Crippen molar-refractivity contribution in [2.24, 2.45) is 5.84 Å². The second-order valence-corrected chi connectivity index (χ2v) is 4.50. The number of nitrogen functional groups attached to an aromatic ring is 1. The summed E-state index contributed by atoms with van der Waals surface area (Å²) < 4.78 is 0. The number of hydrazine groups is 1. The van der Waals surface area contributed by atoms with Crippen LogP contribution in [-0.2, 0) is 13.0 Å².